The van der Waals surface area contributed by atoms with Crippen LogP contribution in [0.4, 0.5) is 0 Å². The van der Waals surface area contributed by atoms with Crippen LogP contribution < -0.4 is 20.1 Å². The fourth-order valence-corrected chi connectivity index (χ4v) is 3.69. The Morgan fingerprint density at radius 2 is 2.06 bits per heavy atom. The van der Waals surface area contributed by atoms with E-state index in [0.717, 1.165) is 68.0 Å². The summed E-state index contributed by atoms with van der Waals surface area (Å²) in [5.74, 6) is 4.64. The average molecular weight is 429 g/mol. The van der Waals surface area contributed by atoms with Crippen molar-refractivity contribution in [2.24, 2.45) is 4.99 Å². The van der Waals surface area contributed by atoms with Gasteiger partial charge in [0.1, 0.15) is 29.3 Å². The second-order valence-corrected chi connectivity index (χ2v) is 7.85. The topological polar surface area (TPSA) is 85.6 Å². The van der Waals surface area contributed by atoms with Crippen molar-refractivity contribution in [3.8, 4) is 11.5 Å². The highest BCUT2D eigenvalue weighted by atomic mass is 16.5. The summed E-state index contributed by atoms with van der Waals surface area (Å²) in [6.45, 7) is 7.35. The van der Waals surface area contributed by atoms with Crippen molar-refractivity contribution >= 4 is 5.96 Å². The number of aryl methyl sites for hydroxylation is 2. The van der Waals surface area contributed by atoms with Crippen LogP contribution in [0.2, 0.25) is 0 Å². The summed E-state index contributed by atoms with van der Waals surface area (Å²) < 4.78 is 13.5. The lowest BCUT2D eigenvalue weighted by molar-refractivity contribution is 0.229. The second kappa shape index (κ2) is 12.2. The monoisotopic (exact) mass is 428 g/mol. The molecule has 0 amide bonds. The Bertz CT molecular complexity index is 835. The molecule has 0 aliphatic carbocycles. The third-order valence-electron chi connectivity index (χ3n) is 5.28. The molecular formula is C23H36N6O2. The standard InChI is InChI=1S/C23H36N6O2/c1-4-24-23(26-17-18(2)31-20-11-8-10-19(16-20)30-3)25-14-9-13-22-28-27-21-12-6-5-7-15-29(21)22/h8,10-11,16,18H,4-7,9,12-15,17H2,1-3H3,(H2,24,25,26). The van der Waals surface area contributed by atoms with E-state index in [1.807, 2.05) is 31.2 Å². The normalized spacial score (nSPS) is 15.0. The quantitative estimate of drug-likeness (QED) is 0.344. The fraction of sp³-hybridized carbons (Fsp3) is 0.609. The van der Waals surface area contributed by atoms with E-state index in [9.17, 15) is 0 Å². The molecule has 0 saturated carbocycles. The molecule has 2 heterocycles. The van der Waals surface area contributed by atoms with Crippen LogP contribution in [0.1, 0.15) is 51.2 Å². The number of aromatic nitrogens is 3. The Hall–Kier alpha value is -2.77. The first-order valence-corrected chi connectivity index (χ1v) is 11.4. The molecule has 0 fully saturated rings. The first kappa shape index (κ1) is 22.9. The third kappa shape index (κ3) is 7.15. The van der Waals surface area contributed by atoms with E-state index < -0.39 is 0 Å². The summed E-state index contributed by atoms with van der Waals surface area (Å²) in [5, 5.41) is 15.5. The van der Waals surface area contributed by atoms with Gasteiger partial charge in [-0.3, -0.25) is 0 Å². The van der Waals surface area contributed by atoms with E-state index in [1.54, 1.807) is 7.11 Å². The van der Waals surface area contributed by atoms with Crippen molar-refractivity contribution in [1.29, 1.82) is 0 Å². The minimum absolute atomic E-state index is 0.0472. The van der Waals surface area contributed by atoms with Gasteiger partial charge in [-0.25, -0.2) is 4.99 Å². The van der Waals surface area contributed by atoms with E-state index in [4.69, 9.17) is 9.47 Å². The minimum Gasteiger partial charge on any atom is -0.497 e. The van der Waals surface area contributed by atoms with Gasteiger partial charge in [0.15, 0.2) is 5.96 Å². The van der Waals surface area contributed by atoms with Crippen LogP contribution in [0.3, 0.4) is 0 Å². The number of guanidine groups is 1. The van der Waals surface area contributed by atoms with Crippen LogP contribution in [-0.2, 0) is 19.4 Å². The van der Waals surface area contributed by atoms with E-state index in [2.05, 4.69) is 37.3 Å². The Balaban J connectivity index is 1.44. The van der Waals surface area contributed by atoms with Crippen molar-refractivity contribution in [2.45, 2.75) is 65.0 Å². The summed E-state index contributed by atoms with van der Waals surface area (Å²) in [6, 6.07) is 7.63. The van der Waals surface area contributed by atoms with E-state index in [1.165, 1.54) is 19.3 Å². The molecule has 0 bridgehead atoms. The number of benzene rings is 1. The van der Waals surface area contributed by atoms with E-state index >= 15 is 0 Å². The molecule has 2 aromatic rings. The Morgan fingerprint density at radius 1 is 1.19 bits per heavy atom. The summed E-state index contributed by atoms with van der Waals surface area (Å²) in [7, 11) is 1.65. The molecule has 1 aliphatic heterocycles. The van der Waals surface area contributed by atoms with Crippen molar-refractivity contribution < 1.29 is 9.47 Å². The highest BCUT2D eigenvalue weighted by molar-refractivity contribution is 5.79. The number of hydrogen-bond acceptors (Lipinski definition) is 5. The van der Waals surface area contributed by atoms with Gasteiger partial charge in [0.25, 0.3) is 0 Å². The molecule has 2 N–H and O–H groups in total. The van der Waals surface area contributed by atoms with Crippen LogP contribution in [0.15, 0.2) is 29.3 Å². The van der Waals surface area contributed by atoms with Crippen LogP contribution in [0.5, 0.6) is 11.5 Å². The number of fused-ring (bicyclic) bond motifs is 1. The maximum absolute atomic E-state index is 5.96. The number of rotatable bonds is 10. The van der Waals surface area contributed by atoms with Gasteiger partial charge in [-0.2, -0.15) is 0 Å². The van der Waals surface area contributed by atoms with Gasteiger partial charge >= 0.3 is 0 Å². The van der Waals surface area contributed by atoms with Gasteiger partial charge in [-0.05, 0) is 45.2 Å². The molecule has 3 rings (SSSR count). The average Bonchev–Trinajstić information content (AvgIpc) is 3.00. The van der Waals surface area contributed by atoms with Crippen LogP contribution in [-0.4, -0.2) is 53.6 Å². The number of aliphatic imine (C=N–C) groups is 1. The minimum atomic E-state index is -0.0472. The maximum Gasteiger partial charge on any atom is 0.191 e. The fourth-order valence-electron chi connectivity index (χ4n) is 3.69. The molecule has 31 heavy (non-hydrogen) atoms. The zero-order chi connectivity index (χ0) is 21.9. The summed E-state index contributed by atoms with van der Waals surface area (Å²) in [5.41, 5.74) is 0. The van der Waals surface area contributed by atoms with Crippen molar-refractivity contribution in [2.75, 3.05) is 26.7 Å². The number of ether oxygens (including phenoxy) is 2. The highest BCUT2D eigenvalue weighted by Crippen LogP contribution is 2.20. The third-order valence-corrected chi connectivity index (χ3v) is 5.28. The van der Waals surface area contributed by atoms with Gasteiger partial charge in [-0.15, -0.1) is 10.2 Å². The van der Waals surface area contributed by atoms with Gasteiger partial charge in [0.2, 0.25) is 0 Å². The lowest BCUT2D eigenvalue weighted by Gasteiger charge is -2.15. The molecule has 170 valence electrons. The Morgan fingerprint density at radius 3 is 2.90 bits per heavy atom. The maximum atomic E-state index is 5.96. The van der Waals surface area contributed by atoms with Gasteiger partial charge < -0.3 is 24.7 Å². The number of hydrogen-bond donors (Lipinski definition) is 2. The van der Waals surface area contributed by atoms with Gasteiger partial charge in [0, 0.05) is 38.5 Å². The largest absolute Gasteiger partial charge is 0.497 e. The molecule has 0 spiro atoms. The molecule has 8 heteroatoms. The lowest BCUT2D eigenvalue weighted by atomic mass is 10.2. The van der Waals surface area contributed by atoms with Crippen LogP contribution >= 0.6 is 0 Å². The molecule has 0 radical (unpaired) electrons. The highest BCUT2D eigenvalue weighted by Gasteiger charge is 2.14. The zero-order valence-corrected chi connectivity index (χ0v) is 19.1. The molecule has 1 unspecified atom stereocenters. The van der Waals surface area contributed by atoms with E-state index in [-0.39, 0.29) is 6.10 Å². The number of nitrogens with zero attached hydrogens (tertiary/aromatic N) is 4. The Kier molecular flexibility index (Phi) is 8.99. The zero-order valence-electron chi connectivity index (χ0n) is 19.1. The number of nitrogens with one attached hydrogen (secondary N) is 2. The smallest absolute Gasteiger partial charge is 0.191 e. The molecule has 1 aromatic carbocycles. The van der Waals surface area contributed by atoms with Crippen LogP contribution in [0, 0.1) is 0 Å². The molecular weight excluding hydrogens is 392 g/mol. The number of methoxy groups -OCH3 is 1. The Labute approximate surface area is 185 Å². The molecule has 0 saturated heterocycles. The van der Waals surface area contributed by atoms with Crippen molar-refractivity contribution in [1.82, 2.24) is 25.4 Å². The van der Waals surface area contributed by atoms with Crippen molar-refractivity contribution in [3.05, 3.63) is 35.9 Å². The van der Waals surface area contributed by atoms with Gasteiger partial charge in [0.05, 0.1) is 13.7 Å². The molecule has 1 aromatic heterocycles. The molecule has 1 atom stereocenters. The summed E-state index contributed by atoms with van der Waals surface area (Å²) >= 11 is 0. The first-order chi connectivity index (χ1) is 15.2. The second-order valence-electron chi connectivity index (χ2n) is 7.85. The van der Waals surface area contributed by atoms with Crippen LogP contribution in [0.25, 0.3) is 0 Å². The molecule has 1 aliphatic rings. The summed E-state index contributed by atoms with van der Waals surface area (Å²) in [6.07, 6.45) is 6.65. The predicted octanol–water partition coefficient (Wildman–Crippen LogP) is 2.97. The van der Waals surface area contributed by atoms with Gasteiger partial charge in [-0.1, -0.05) is 12.5 Å². The summed E-state index contributed by atoms with van der Waals surface area (Å²) in [4.78, 5) is 4.67. The molecule has 8 nitrogen and oxygen atoms in total. The SMILES string of the molecule is CCNC(=NCC(C)Oc1cccc(OC)c1)NCCCc1nnc2n1CCCCC2. The lowest BCUT2D eigenvalue weighted by Crippen LogP contribution is -2.38. The predicted molar refractivity (Wildman–Crippen MR) is 123 cm³/mol. The van der Waals surface area contributed by atoms with E-state index in [0.29, 0.717) is 6.54 Å². The first-order valence-electron chi connectivity index (χ1n) is 11.4. The van der Waals surface area contributed by atoms with Crippen molar-refractivity contribution in [3.63, 3.8) is 0 Å².